The normalized spacial score (nSPS) is 20.5. The van der Waals surface area contributed by atoms with Gasteiger partial charge in [-0.2, -0.15) is 0 Å². The van der Waals surface area contributed by atoms with Gasteiger partial charge in [0.05, 0.1) is 39.3 Å². The van der Waals surface area contributed by atoms with Gasteiger partial charge in [0, 0.05) is 37.5 Å². The average Bonchev–Trinajstić information content (AvgIpc) is 3.37. The minimum absolute atomic E-state index is 0.638. The Morgan fingerprint density at radius 2 is 1.46 bits per heavy atom. The van der Waals surface area contributed by atoms with Crippen LogP contribution in [0.25, 0.3) is 0 Å². The Kier molecular flexibility index (Phi) is 7.47. The van der Waals surface area contributed by atoms with Gasteiger partial charge in [-0.15, -0.1) is 4.68 Å². The number of piperazine rings is 3. The van der Waals surface area contributed by atoms with Crippen molar-refractivity contribution in [3.05, 3.63) is 102 Å². The summed E-state index contributed by atoms with van der Waals surface area (Å²) in [6.07, 6.45) is 1.84. The monoisotopic (exact) mass is 522 g/mol. The van der Waals surface area contributed by atoms with E-state index in [1.165, 1.54) is 67.1 Å². The first-order valence-corrected chi connectivity index (χ1v) is 14.0. The zero-order valence-electron chi connectivity index (χ0n) is 22.8. The van der Waals surface area contributed by atoms with E-state index in [1.807, 2.05) is 35.3 Å². The highest BCUT2D eigenvalue weighted by Crippen LogP contribution is 2.23. The van der Waals surface area contributed by atoms with E-state index in [0.29, 0.717) is 13.1 Å². The Morgan fingerprint density at radius 1 is 0.821 bits per heavy atom. The average molecular weight is 523 g/mol. The number of likely N-dealkylation sites (N-methyl/N-ethyl adjacent to an activating group) is 1. The molecule has 39 heavy (non-hydrogen) atoms. The zero-order chi connectivity index (χ0) is 26.5. The summed E-state index contributed by atoms with van der Waals surface area (Å²) in [5, 5.41) is 14.0. The Morgan fingerprint density at radius 3 is 2.13 bits per heavy atom. The van der Waals surface area contributed by atoms with Crippen LogP contribution in [0.1, 0.15) is 11.1 Å². The number of anilines is 1. The van der Waals surface area contributed by atoms with Crippen LogP contribution in [0.5, 0.6) is 0 Å². The molecular weight excluding hydrogens is 484 g/mol. The second-order valence-corrected chi connectivity index (χ2v) is 10.9. The lowest BCUT2D eigenvalue weighted by Gasteiger charge is -2.51. The highest BCUT2D eigenvalue weighted by molar-refractivity contribution is 5.52. The van der Waals surface area contributed by atoms with E-state index in [1.54, 1.807) is 0 Å². The Labute approximate surface area is 231 Å². The van der Waals surface area contributed by atoms with Gasteiger partial charge in [-0.25, -0.2) is 4.57 Å². The summed E-state index contributed by atoms with van der Waals surface area (Å²) in [6.45, 7) is 11.3. The maximum absolute atomic E-state index is 4.69. The van der Waals surface area contributed by atoms with Crippen molar-refractivity contribution in [2.75, 3.05) is 64.3 Å². The molecule has 8 nitrogen and oxygen atoms in total. The smallest absolute Gasteiger partial charge is 0.369 e. The van der Waals surface area contributed by atoms with Gasteiger partial charge in [-0.05, 0) is 35.4 Å². The summed E-state index contributed by atoms with van der Waals surface area (Å²) >= 11 is 0. The van der Waals surface area contributed by atoms with Crippen LogP contribution in [0.15, 0.2) is 101 Å². The minimum Gasteiger partial charge on any atom is -0.369 e. The van der Waals surface area contributed by atoms with Crippen molar-refractivity contribution in [1.82, 2.24) is 14.6 Å². The van der Waals surface area contributed by atoms with Crippen LogP contribution < -0.4 is 9.58 Å². The second-order valence-electron chi connectivity index (χ2n) is 10.9. The Bertz CT molecular complexity index is 1300. The van der Waals surface area contributed by atoms with Crippen molar-refractivity contribution in [3.63, 3.8) is 0 Å². The summed E-state index contributed by atoms with van der Waals surface area (Å²) in [5.41, 5.74) is 4.42. The van der Waals surface area contributed by atoms with Crippen molar-refractivity contribution < 1.29 is 9.16 Å². The molecule has 7 rings (SSSR count). The summed E-state index contributed by atoms with van der Waals surface area (Å²) in [7, 11) is 2.20. The summed E-state index contributed by atoms with van der Waals surface area (Å²) in [6, 6.07) is 29.1. The van der Waals surface area contributed by atoms with Crippen LogP contribution in [0, 0.1) is 0 Å². The fraction of sp³-hybridized carbons (Fsp3) is 0.355. The summed E-state index contributed by atoms with van der Waals surface area (Å²) in [4.78, 5) is 4.98. The molecule has 3 saturated heterocycles. The first kappa shape index (κ1) is 25.4. The predicted octanol–water partition coefficient (Wildman–Crippen LogP) is 4.26. The van der Waals surface area contributed by atoms with Gasteiger partial charge < -0.3 is 9.38 Å². The molecule has 3 aliphatic heterocycles. The molecular formula is C31H38N8+2. The van der Waals surface area contributed by atoms with Gasteiger partial charge in [0.25, 0.3) is 0 Å². The number of azo groups is 1. The maximum atomic E-state index is 4.69. The lowest BCUT2D eigenvalue weighted by molar-refractivity contribution is -0.939. The van der Waals surface area contributed by atoms with E-state index in [0.717, 1.165) is 18.2 Å². The third-order valence-corrected chi connectivity index (χ3v) is 8.32. The van der Waals surface area contributed by atoms with Gasteiger partial charge in [-0.1, -0.05) is 70.9 Å². The fourth-order valence-corrected chi connectivity index (χ4v) is 5.68. The lowest BCUT2D eigenvalue weighted by atomic mass is 10.1. The third-order valence-electron chi connectivity index (χ3n) is 8.32. The molecule has 8 heteroatoms. The number of nitrogens with zero attached hydrogens (tertiary/aromatic N) is 8. The summed E-state index contributed by atoms with van der Waals surface area (Å²) in [5.74, 6) is 0.722. The molecule has 0 N–H and O–H groups in total. The Hall–Kier alpha value is -3.88. The van der Waals surface area contributed by atoms with E-state index in [9.17, 15) is 0 Å². The van der Waals surface area contributed by atoms with Crippen LogP contribution in [0.3, 0.4) is 0 Å². The molecule has 4 heterocycles. The SMILES string of the molecule is CN(CC[N+]12CCN(CC1)CC2)c1ccc(/N=N/c2n(Cc3ccccc3)cn[n+]2Cc2ccccc2)cc1. The molecule has 0 atom stereocenters. The van der Waals surface area contributed by atoms with Crippen LogP contribution in [0.2, 0.25) is 0 Å². The first-order chi connectivity index (χ1) is 19.2. The molecule has 0 unspecified atom stereocenters. The van der Waals surface area contributed by atoms with Crippen molar-refractivity contribution in [1.29, 1.82) is 0 Å². The highest BCUT2D eigenvalue weighted by Gasteiger charge is 2.38. The molecule has 0 amide bonds. The highest BCUT2D eigenvalue weighted by atomic mass is 15.5. The van der Waals surface area contributed by atoms with Crippen molar-refractivity contribution in [3.8, 4) is 0 Å². The van der Waals surface area contributed by atoms with Crippen LogP contribution >= 0.6 is 0 Å². The van der Waals surface area contributed by atoms with Gasteiger partial charge in [0.15, 0.2) is 6.33 Å². The molecule has 1 aromatic heterocycles. The van der Waals surface area contributed by atoms with E-state index >= 15 is 0 Å². The predicted molar refractivity (Wildman–Crippen MR) is 154 cm³/mol. The van der Waals surface area contributed by atoms with E-state index in [4.69, 9.17) is 5.11 Å². The first-order valence-electron chi connectivity index (χ1n) is 14.0. The molecule has 0 radical (unpaired) electrons. The largest absolute Gasteiger partial charge is 0.442 e. The fourth-order valence-electron chi connectivity index (χ4n) is 5.68. The standard InChI is InChI=1S/C31H38N8/c1-35(16-20-39-21-17-36(18-22-39)19-23-39)30-14-12-29(13-15-30)33-34-31-37(24-27-8-4-2-5-9-27)26-32-38(31)25-28-10-6-3-7-11-28/h2-15,26H,16-25H2,1H3/q+2. The minimum atomic E-state index is 0.638. The zero-order valence-corrected chi connectivity index (χ0v) is 22.8. The Balaban J connectivity index is 1.15. The van der Waals surface area contributed by atoms with E-state index in [-0.39, 0.29) is 0 Å². The quantitative estimate of drug-likeness (QED) is 0.178. The third kappa shape index (κ3) is 6.08. The van der Waals surface area contributed by atoms with Crippen molar-refractivity contribution in [2.45, 2.75) is 13.1 Å². The number of aromatic nitrogens is 3. The van der Waals surface area contributed by atoms with Crippen LogP contribution in [-0.2, 0) is 13.1 Å². The second kappa shape index (κ2) is 11.5. The molecule has 4 aromatic rings. The van der Waals surface area contributed by atoms with Gasteiger partial charge >= 0.3 is 5.95 Å². The molecule has 3 aliphatic rings. The number of hydrogen-bond donors (Lipinski definition) is 0. The lowest BCUT2D eigenvalue weighted by Crippen LogP contribution is -2.68. The van der Waals surface area contributed by atoms with Gasteiger partial charge in [0.1, 0.15) is 12.2 Å². The molecule has 0 saturated carbocycles. The molecule has 0 aliphatic carbocycles. The van der Waals surface area contributed by atoms with Crippen LogP contribution in [-0.4, -0.2) is 78.5 Å². The maximum Gasteiger partial charge on any atom is 0.442 e. The molecule has 2 bridgehead atoms. The molecule has 0 spiro atoms. The molecule has 3 aromatic carbocycles. The number of benzene rings is 3. The number of fused-ring (bicyclic) bond motifs is 3. The van der Waals surface area contributed by atoms with E-state index < -0.39 is 0 Å². The summed E-state index contributed by atoms with van der Waals surface area (Å²) < 4.78 is 5.25. The van der Waals surface area contributed by atoms with Crippen molar-refractivity contribution >= 4 is 17.3 Å². The van der Waals surface area contributed by atoms with Crippen molar-refractivity contribution in [2.24, 2.45) is 10.2 Å². The van der Waals surface area contributed by atoms with Gasteiger partial charge in [0.2, 0.25) is 0 Å². The van der Waals surface area contributed by atoms with Gasteiger partial charge in [-0.3, -0.25) is 4.90 Å². The van der Waals surface area contributed by atoms with Crippen LogP contribution in [0.4, 0.5) is 17.3 Å². The van der Waals surface area contributed by atoms with E-state index in [2.05, 4.69) is 92.3 Å². The topological polar surface area (TPSA) is 52.9 Å². The molecule has 3 fully saturated rings. The number of hydrogen-bond acceptors (Lipinski definition) is 5. The molecule has 200 valence electrons. The number of rotatable bonds is 10. The number of quaternary nitrogens is 1.